The van der Waals surface area contributed by atoms with Crippen molar-refractivity contribution in [1.29, 1.82) is 0 Å². The first-order valence-corrected chi connectivity index (χ1v) is 7.21. The summed E-state index contributed by atoms with van der Waals surface area (Å²) in [7, 11) is 0. The van der Waals surface area contributed by atoms with Crippen LogP contribution in [0.3, 0.4) is 0 Å². The summed E-state index contributed by atoms with van der Waals surface area (Å²) in [4.78, 5) is 23.0. The van der Waals surface area contributed by atoms with Gasteiger partial charge in [0.05, 0.1) is 0 Å². The number of nitrogens with one attached hydrogen (secondary N) is 1. The Hall–Kier alpha value is -3.03. The number of amides is 2. The molecular formula is C17H15F3N2O3. The monoisotopic (exact) mass is 352 g/mol. The van der Waals surface area contributed by atoms with Crippen molar-refractivity contribution in [2.45, 2.75) is 12.7 Å². The van der Waals surface area contributed by atoms with Crippen LogP contribution in [0.5, 0.6) is 5.75 Å². The van der Waals surface area contributed by atoms with Gasteiger partial charge in [-0.25, -0.2) is 0 Å². The Morgan fingerprint density at radius 2 is 1.52 bits per heavy atom. The van der Waals surface area contributed by atoms with Crippen molar-refractivity contribution in [3.63, 3.8) is 0 Å². The summed E-state index contributed by atoms with van der Waals surface area (Å²) in [6, 6.07) is 11.8. The Bertz CT molecular complexity index is 741. The van der Waals surface area contributed by atoms with Crippen molar-refractivity contribution in [3.05, 3.63) is 65.2 Å². The van der Waals surface area contributed by atoms with Crippen molar-refractivity contribution < 1.29 is 27.5 Å². The van der Waals surface area contributed by atoms with E-state index in [9.17, 15) is 22.8 Å². The van der Waals surface area contributed by atoms with Gasteiger partial charge in [-0.15, -0.1) is 0 Å². The highest BCUT2D eigenvalue weighted by Crippen LogP contribution is 2.18. The molecule has 5 nitrogen and oxygen atoms in total. The van der Waals surface area contributed by atoms with Gasteiger partial charge in [-0.3, -0.25) is 9.59 Å². The van der Waals surface area contributed by atoms with E-state index >= 15 is 0 Å². The summed E-state index contributed by atoms with van der Waals surface area (Å²) in [6.45, 7) is -1.17. The second kappa shape index (κ2) is 7.69. The molecule has 2 amide bonds. The molecule has 0 aliphatic carbocycles. The summed E-state index contributed by atoms with van der Waals surface area (Å²) in [5.74, 6) is -0.845. The molecule has 0 radical (unpaired) electrons. The first-order valence-electron chi connectivity index (χ1n) is 7.21. The molecule has 0 unspecified atom stereocenters. The lowest BCUT2D eigenvalue weighted by molar-refractivity contribution is -0.153. The number of alkyl halides is 3. The van der Waals surface area contributed by atoms with Crippen molar-refractivity contribution >= 4 is 11.8 Å². The number of halogens is 3. The van der Waals surface area contributed by atoms with E-state index in [1.165, 1.54) is 36.4 Å². The number of benzene rings is 2. The van der Waals surface area contributed by atoms with Crippen LogP contribution < -0.4 is 15.8 Å². The summed E-state index contributed by atoms with van der Waals surface area (Å²) in [5.41, 5.74) is 6.47. The molecular weight excluding hydrogens is 337 g/mol. The van der Waals surface area contributed by atoms with Gasteiger partial charge in [0.15, 0.2) is 6.61 Å². The second-order valence-electron chi connectivity index (χ2n) is 5.17. The zero-order chi connectivity index (χ0) is 18.4. The van der Waals surface area contributed by atoms with E-state index in [1.54, 1.807) is 12.1 Å². The molecule has 0 bridgehead atoms. The van der Waals surface area contributed by atoms with Crippen LogP contribution in [0.4, 0.5) is 13.2 Å². The minimum atomic E-state index is -4.39. The van der Waals surface area contributed by atoms with Crippen molar-refractivity contribution in [2.24, 2.45) is 5.73 Å². The quantitative estimate of drug-likeness (QED) is 0.839. The topological polar surface area (TPSA) is 81.4 Å². The van der Waals surface area contributed by atoms with Crippen LogP contribution >= 0.6 is 0 Å². The third-order valence-electron chi connectivity index (χ3n) is 3.21. The lowest BCUT2D eigenvalue weighted by Crippen LogP contribution is -2.23. The van der Waals surface area contributed by atoms with Crippen molar-refractivity contribution in [3.8, 4) is 5.75 Å². The number of carbonyl (C=O) groups is 2. The highest BCUT2D eigenvalue weighted by Gasteiger charge is 2.28. The molecule has 0 atom stereocenters. The smallest absolute Gasteiger partial charge is 0.422 e. The van der Waals surface area contributed by atoms with E-state index in [4.69, 9.17) is 5.73 Å². The van der Waals surface area contributed by atoms with Crippen LogP contribution in [0.15, 0.2) is 48.5 Å². The fourth-order valence-corrected chi connectivity index (χ4v) is 1.94. The molecule has 0 heterocycles. The molecule has 132 valence electrons. The lowest BCUT2D eigenvalue weighted by atomic mass is 10.1. The van der Waals surface area contributed by atoms with Crippen molar-refractivity contribution in [2.75, 3.05) is 6.61 Å². The average molecular weight is 352 g/mol. The summed E-state index contributed by atoms with van der Waals surface area (Å²) in [5, 5.41) is 2.66. The van der Waals surface area contributed by atoms with Crippen LogP contribution in [0.25, 0.3) is 0 Å². The molecule has 2 rings (SSSR count). The number of hydrogen-bond acceptors (Lipinski definition) is 3. The van der Waals surface area contributed by atoms with Gasteiger partial charge < -0.3 is 15.8 Å². The number of primary amides is 1. The minimum Gasteiger partial charge on any atom is -0.484 e. The van der Waals surface area contributed by atoms with E-state index in [-0.39, 0.29) is 18.2 Å². The standard InChI is InChI=1S/C17H15F3N2O3/c18-17(19,20)10-25-14-7-1-11(2-8-14)9-22-16(24)13-5-3-12(4-6-13)15(21)23/h1-8H,9-10H2,(H2,21,23)(H,22,24). The number of hydrogen-bond donors (Lipinski definition) is 2. The summed E-state index contributed by atoms with van der Waals surface area (Å²) in [6.07, 6.45) is -4.39. The van der Waals surface area contributed by atoms with Crippen LogP contribution in [-0.4, -0.2) is 24.6 Å². The average Bonchev–Trinajstić information content (AvgIpc) is 2.58. The Morgan fingerprint density at radius 3 is 2.04 bits per heavy atom. The Morgan fingerprint density at radius 1 is 0.960 bits per heavy atom. The van der Waals surface area contributed by atoms with E-state index in [0.29, 0.717) is 16.7 Å². The molecule has 0 fully saturated rings. The SMILES string of the molecule is NC(=O)c1ccc(C(=O)NCc2ccc(OCC(F)(F)F)cc2)cc1. The zero-order valence-electron chi connectivity index (χ0n) is 13.0. The third kappa shape index (κ3) is 5.83. The Kier molecular flexibility index (Phi) is 5.63. The van der Waals surface area contributed by atoms with E-state index in [0.717, 1.165) is 0 Å². The van der Waals surface area contributed by atoms with Gasteiger partial charge in [-0.05, 0) is 42.0 Å². The fraction of sp³-hybridized carbons (Fsp3) is 0.176. The van der Waals surface area contributed by atoms with Gasteiger partial charge in [-0.1, -0.05) is 12.1 Å². The maximum Gasteiger partial charge on any atom is 0.422 e. The van der Waals surface area contributed by atoms with Crippen LogP contribution in [0.1, 0.15) is 26.3 Å². The molecule has 8 heteroatoms. The molecule has 0 aromatic heterocycles. The first kappa shape index (κ1) is 18.3. The molecule has 3 N–H and O–H groups in total. The van der Waals surface area contributed by atoms with Crippen LogP contribution in [0.2, 0.25) is 0 Å². The molecule has 0 aliphatic heterocycles. The van der Waals surface area contributed by atoms with Gasteiger partial charge in [0.25, 0.3) is 5.91 Å². The van der Waals surface area contributed by atoms with E-state index in [1.807, 2.05) is 0 Å². The molecule has 0 spiro atoms. The fourth-order valence-electron chi connectivity index (χ4n) is 1.94. The molecule has 25 heavy (non-hydrogen) atoms. The Labute approximate surface area is 141 Å². The van der Waals surface area contributed by atoms with E-state index < -0.39 is 18.7 Å². The van der Waals surface area contributed by atoms with Gasteiger partial charge in [0.2, 0.25) is 5.91 Å². The molecule has 2 aromatic carbocycles. The van der Waals surface area contributed by atoms with Gasteiger partial charge in [0.1, 0.15) is 5.75 Å². The Balaban J connectivity index is 1.88. The predicted octanol–water partition coefficient (Wildman–Crippen LogP) is 2.66. The molecule has 0 saturated heterocycles. The maximum absolute atomic E-state index is 12.1. The second-order valence-corrected chi connectivity index (χ2v) is 5.17. The van der Waals surface area contributed by atoms with Crippen LogP contribution in [-0.2, 0) is 6.54 Å². The first-order chi connectivity index (χ1) is 11.7. The highest BCUT2D eigenvalue weighted by atomic mass is 19.4. The molecule has 0 saturated carbocycles. The van der Waals surface area contributed by atoms with Crippen LogP contribution in [0, 0.1) is 0 Å². The maximum atomic E-state index is 12.1. The van der Waals surface area contributed by atoms with Gasteiger partial charge in [-0.2, -0.15) is 13.2 Å². The normalized spacial score (nSPS) is 11.0. The zero-order valence-corrected chi connectivity index (χ0v) is 13.0. The molecule has 2 aromatic rings. The predicted molar refractivity (Wildman–Crippen MR) is 84.1 cm³/mol. The van der Waals surface area contributed by atoms with Gasteiger partial charge >= 0.3 is 6.18 Å². The number of nitrogens with two attached hydrogens (primary N) is 1. The van der Waals surface area contributed by atoms with Crippen molar-refractivity contribution in [1.82, 2.24) is 5.32 Å². The summed E-state index contributed by atoms with van der Waals surface area (Å²) >= 11 is 0. The summed E-state index contributed by atoms with van der Waals surface area (Å²) < 4.78 is 40.8. The lowest BCUT2D eigenvalue weighted by Gasteiger charge is -2.10. The number of ether oxygens (including phenoxy) is 1. The highest BCUT2D eigenvalue weighted by molar-refractivity contribution is 5.97. The number of rotatable bonds is 6. The van der Waals surface area contributed by atoms with Gasteiger partial charge in [0, 0.05) is 17.7 Å². The third-order valence-corrected chi connectivity index (χ3v) is 3.21. The number of carbonyl (C=O) groups excluding carboxylic acids is 2. The minimum absolute atomic E-state index is 0.0921. The largest absolute Gasteiger partial charge is 0.484 e. The van der Waals surface area contributed by atoms with E-state index in [2.05, 4.69) is 10.1 Å². The molecule has 0 aliphatic rings.